The van der Waals surface area contributed by atoms with Crippen LogP contribution in [0.15, 0.2) is 0 Å². The van der Waals surface area contributed by atoms with E-state index in [2.05, 4.69) is 37.7 Å². The van der Waals surface area contributed by atoms with Gasteiger partial charge in [-0.1, -0.05) is 6.92 Å². The number of rotatable bonds is 5. The molecule has 0 aromatic carbocycles. The quantitative estimate of drug-likeness (QED) is 0.744. The summed E-state index contributed by atoms with van der Waals surface area (Å²) in [5, 5.41) is 9.92. The van der Waals surface area contributed by atoms with Crippen molar-refractivity contribution in [2.45, 2.75) is 51.3 Å². The van der Waals surface area contributed by atoms with Crippen LogP contribution in [0.25, 0.3) is 0 Å². The maximum Gasteiger partial charge on any atom is 0.0695 e. The lowest BCUT2D eigenvalue weighted by Gasteiger charge is -2.36. The second-order valence-corrected chi connectivity index (χ2v) is 5.01. The summed E-state index contributed by atoms with van der Waals surface area (Å²) >= 11 is 0. The van der Waals surface area contributed by atoms with Crippen molar-refractivity contribution in [3.63, 3.8) is 0 Å². The van der Waals surface area contributed by atoms with Gasteiger partial charge in [-0.15, -0.1) is 0 Å². The van der Waals surface area contributed by atoms with Gasteiger partial charge in [0.15, 0.2) is 0 Å². The van der Waals surface area contributed by atoms with Gasteiger partial charge in [0.25, 0.3) is 0 Å². The summed E-state index contributed by atoms with van der Waals surface area (Å²) in [6, 6.07) is 0.924. The molecule has 15 heavy (non-hydrogen) atoms. The summed E-state index contributed by atoms with van der Waals surface area (Å²) in [4.78, 5) is 4.67. The van der Waals surface area contributed by atoms with Crippen LogP contribution in [0.5, 0.6) is 0 Å². The summed E-state index contributed by atoms with van der Waals surface area (Å²) in [6.45, 7) is 6.56. The highest BCUT2D eigenvalue weighted by Gasteiger charge is 2.32. The van der Waals surface area contributed by atoms with Gasteiger partial charge in [0, 0.05) is 18.6 Å². The third-order valence-electron chi connectivity index (χ3n) is 3.43. The van der Waals surface area contributed by atoms with Crippen molar-refractivity contribution in [1.29, 1.82) is 0 Å². The van der Waals surface area contributed by atoms with E-state index in [1.807, 2.05) is 0 Å². The van der Waals surface area contributed by atoms with Crippen LogP contribution in [-0.2, 0) is 0 Å². The SMILES string of the molecule is CCN(C(C)CN(C)C)[C@H]1CCC[C@@H]1O. The maximum absolute atomic E-state index is 9.92. The van der Waals surface area contributed by atoms with E-state index in [-0.39, 0.29) is 6.10 Å². The Labute approximate surface area is 94.1 Å². The van der Waals surface area contributed by atoms with Gasteiger partial charge < -0.3 is 10.0 Å². The number of nitrogens with zero attached hydrogens (tertiary/aromatic N) is 2. The molecule has 1 unspecified atom stereocenters. The lowest BCUT2D eigenvalue weighted by Crippen LogP contribution is -2.48. The van der Waals surface area contributed by atoms with Crippen molar-refractivity contribution in [2.24, 2.45) is 0 Å². The van der Waals surface area contributed by atoms with Gasteiger partial charge >= 0.3 is 0 Å². The van der Waals surface area contributed by atoms with E-state index in [4.69, 9.17) is 0 Å². The van der Waals surface area contributed by atoms with Crippen molar-refractivity contribution in [1.82, 2.24) is 9.80 Å². The zero-order valence-electron chi connectivity index (χ0n) is 10.6. The molecule has 90 valence electrons. The topological polar surface area (TPSA) is 26.7 Å². The Morgan fingerprint density at radius 2 is 2.00 bits per heavy atom. The fraction of sp³-hybridized carbons (Fsp3) is 1.00. The number of hydrogen-bond donors (Lipinski definition) is 1. The molecule has 3 heteroatoms. The number of aliphatic hydroxyl groups excluding tert-OH is 1. The molecule has 0 heterocycles. The molecule has 3 atom stereocenters. The van der Waals surface area contributed by atoms with E-state index >= 15 is 0 Å². The van der Waals surface area contributed by atoms with Crippen LogP contribution in [0.4, 0.5) is 0 Å². The molecule has 1 rings (SSSR count). The monoisotopic (exact) mass is 214 g/mol. The molecule has 0 aliphatic heterocycles. The standard InChI is InChI=1S/C12H26N2O/c1-5-14(10(2)9-13(3)4)11-7-6-8-12(11)15/h10-12,15H,5-9H2,1-4H3/t10?,11-,12-/m0/s1. The normalized spacial score (nSPS) is 29.0. The Balaban J connectivity index is 2.53. The largest absolute Gasteiger partial charge is 0.391 e. The Morgan fingerprint density at radius 1 is 1.33 bits per heavy atom. The fourth-order valence-electron chi connectivity index (χ4n) is 2.81. The van der Waals surface area contributed by atoms with E-state index in [0.717, 1.165) is 25.9 Å². The Kier molecular flexibility index (Phi) is 5.03. The molecular weight excluding hydrogens is 188 g/mol. The average molecular weight is 214 g/mol. The van der Waals surface area contributed by atoms with Crippen LogP contribution in [0.2, 0.25) is 0 Å². The van der Waals surface area contributed by atoms with Crippen molar-refractivity contribution in [3.8, 4) is 0 Å². The van der Waals surface area contributed by atoms with Crippen molar-refractivity contribution in [3.05, 3.63) is 0 Å². The lowest BCUT2D eigenvalue weighted by atomic mass is 10.1. The van der Waals surface area contributed by atoms with Crippen molar-refractivity contribution in [2.75, 3.05) is 27.2 Å². The molecule has 3 nitrogen and oxygen atoms in total. The van der Waals surface area contributed by atoms with Crippen LogP contribution in [-0.4, -0.2) is 60.3 Å². The third kappa shape index (κ3) is 3.44. The summed E-state index contributed by atoms with van der Waals surface area (Å²) in [5.74, 6) is 0. The number of aliphatic hydroxyl groups is 1. The molecule has 1 saturated carbocycles. The minimum absolute atomic E-state index is 0.102. The minimum atomic E-state index is -0.102. The summed E-state index contributed by atoms with van der Waals surface area (Å²) in [6.07, 6.45) is 3.22. The fourth-order valence-corrected chi connectivity index (χ4v) is 2.81. The molecule has 1 fully saturated rings. The molecule has 0 bridgehead atoms. The first kappa shape index (κ1) is 12.9. The number of likely N-dealkylation sites (N-methyl/N-ethyl adjacent to an activating group) is 2. The van der Waals surface area contributed by atoms with E-state index in [0.29, 0.717) is 12.1 Å². The zero-order valence-corrected chi connectivity index (χ0v) is 10.6. The molecule has 0 spiro atoms. The number of hydrogen-bond acceptors (Lipinski definition) is 3. The molecule has 0 radical (unpaired) electrons. The van der Waals surface area contributed by atoms with Gasteiger partial charge in [0.1, 0.15) is 0 Å². The first-order chi connectivity index (χ1) is 7.06. The smallest absolute Gasteiger partial charge is 0.0695 e. The summed E-state index contributed by atoms with van der Waals surface area (Å²) < 4.78 is 0. The van der Waals surface area contributed by atoms with Crippen LogP contribution in [0.1, 0.15) is 33.1 Å². The van der Waals surface area contributed by atoms with Gasteiger partial charge in [0.2, 0.25) is 0 Å². The third-order valence-corrected chi connectivity index (χ3v) is 3.43. The highest BCUT2D eigenvalue weighted by molar-refractivity contribution is 4.87. The van der Waals surface area contributed by atoms with Gasteiger partial charge in [-0.3, -0.25) is 4.90 Å². The molecule has 1 aliphatic rings. The maximum atomic E-state index is 9.92. The Morgan fingerprint density at radius 3 is 2.40 bits per heavy atom. The Hall–Kier alpha value is -0.120. The van der Waals surface area contributed by atoms with E-state index in [1.165, 1.54) is 6.42 Å². The molecule has 0 aromatic heterocycles. The second kappa shape index (κ2) is 5.83. The highest BCUT2D eigenvalue weighted by Crippen LogP contribution is 2.25. The van der Waals surface area contributed by atoms with E-state index < -0.39 is 0 Å². The van der Waals surface area contributed by atoms with Crippen molar-refractivity contribution >= 4 is 0 Å². The molecule has 1 aliphatic carbocycles. The van der Waals surface area contributed by atoms with Crippen LogP contribution >= 0.6 is 0 Å². The van der Waals surface area contributed by atoms with Gasteiger partial charge in [-0.05, 0) is 46.8 Å². The molecule has 0 amide bonds. The van der Waals surface area contributed by atoms with Crippen LogP contribution < -0.4 is 0 Å². The first-order valence-electron chi connectivity index (χ1n) is 6.14. The second-order valence-electron chi connectivity index (χ2n) is 5.01. The molecular formula is C12H26N2O. The van der Waals surface area contributed by atoms with E-state index in [9.17, 15) is 5.11 Å². The Bertz CT molecular complexity index is 184. The summed E-state index contributed by atoms with van der Waals surface area (Å²) in [7, 11) is 4.21. The van der Waals surface area contributed by atoms with Crippen LogP contribution in [0.3, 0.4) is 0 Å². The van der Waals surface area contributed by atoms with Gasteiger partial charge in [-0.25, -0.2) is 0 Å². The lowest BCUT2D eigenvalue weighted by molar-refractivity contribution is 0.0438. The predicted octanol–water partition coefficient (Wildman–Crippen LogP) is 1.17. The zero-order chi connectivity index (χ0) is 11.4. The van der Waals surface area contributed by atoms with Gasteiger partial charge in [-0.2, -0.15) is 0 Å². The molecule has 1 N–H and O–H groups in total. The van der Waals surface area contributed by atoms with Crippen molar-refractivity contribution < 1.29 is 5.11 Å². The molecule has 0 aromatic rings. The predicted molar refractivity (Wildman–Crippen MR) is 64.0 cm³/mol. The summed E-state index contributed by atoms with van der Waals surface area (Å²) in [5.41, 5.74) is 0. The molecule has 0 saturated heterocycles. The minimum Gasteiger partial charge on any atom is -0.391 e. The average Bonchev–Trinajstić information content (AvgIpc) is 2.52. The highest BCUT2D eigenvalue weighted by atomic mass is 16.3. The van der Waals surface area contributed by atoms with Crippen LogP contribution in [0, 0.1) is 0 Å². The van der Waals surface area contributed by atoms with Gasteiger partial charge in [0.05, 0.1) is 6.10 Å². The van der Waals surface area contributed by atoms with E-state index in [1.54, 1.807) is 0 Å². The first-order valence-corrected chi connectivity index (χ1v) is 6.14.